The third kappa shape index (κ3) is 7.08. The molecule has 0 radical (unpaired) electrons. The van der Waals surface area contributed by atoms with Gasteiger partial charge in [0.1, 0.15) is 0 Å². The second-order valence-electron chi connectivity index (χ2n) is 6.47. The molecule has 0 aromatic carbocycles. The standard InChI is InChI=1S/C18H37NO/c1-4-7-8-9-10-14-20-18-15-16(6-3)11-12-17(18)19-13-5-2/h16-19H,4-15H2,1-3H3. The number of ether oxygens (including phenoxy) is 1. The van der Waals surface area contributed by atoms with Crippen molar-refractivity contribution in [1.82, 2.24) is 5.32 Å². The van der Waals surface area contributed by atoms with Crippen LogP contribution in [0.3, 0.4) is 0 Å². The molecule has 2 heteroatoms. The minimum Gasteiger partial charge on any atom is -0.377 e. The average Bonchev–Trinajstić information content (AvgIpc) is 2.49. The number of unbranched alkanes of at least 4 members (excludes halogenated alkanes) is 4. The molecule has 0 aromatic rings. The van der Waals surface area contributed by atoms with Crippen LogP contribution in [0.15, 0.2) is 0 Å². The molecule has 0 aliphatic heterocycles. The Morgan fingerprint density at radius 2 is 1.75 bits per heavy atom. The zero-order chi connectivity index (χ0) is 14.6. The Bertz CT molecular complexity index is 219. The van der Waals surface area contributed by atoms with E-state index in [0.29, 0.717) is 12.1 Å². The van der Waals surface area contributed by atoms with E-state index in [1.165, 1.54) is 64.2 Å². The van der Waals surface area contributed by atoms with E-state index in [2.05, 4.69) is 26.1 Å². The van der Waals surface area contributed by atoms with Crippen LogP contribution >= 0.6 is 0 Å². The van der Waals surface area contributed by atoms with Crippen molar-refractivity contribution in [3.05, 3.63) is 0 Å². The predicted molar refractivity (Wildman–Crippen MR) is 88.2 cm³/mol. The fraction of sp³-hybridized carbons (Fsp3) is 1.00. The van der Waals surface area contributed by atoms with Crippen molar-refractivity contribution in [3.8, 4) is 0 Å². The highest BCUT2D eigenvalue weighted by molar-refractivity contribution is 4.85. The van der Waals surface area contributed by atoms with Gasteiger partial charge in [-0.2, -0.15) is 0 Å². The lowest BCUT2D eigenvalue weighted by Crippen LogP contribution is -2.46. The number of hydrogen-bond acceptors (Lipinski definition) is 2. The second kappa shape index (κ2) is 11.6. The van der Waals surface area contributed by atoms with Crippen molar-refractivity contribution < 1.29 is 4.74 Å². The molecule has 0 amide bonds. The summed E-state index contributed by atoms with van der Waals surface area (Å²) in [4.78, 5) is 0. The highest BCUT2D eigenvalue weighted by Crippen LogP contribution is 2.29. The molecule has 1 aliphatic rings. The maximum Gasteiger partial charge on any atom is 0.0730 e. The molecule has 1 rings (SSSR count). The molecule has 2 nitrogen and oxygen atoms in total. The van der Waals surface area contributed by atoms with Crippen LogP contribution in [0.5, 0.6) is 0 Å². The van der Waals surface area contributed by atoms with Gasteiger partial charge in [0, 0.05) is 12.6 Å². The second-order valence-corrected chi connectivity index (χ2v) is 6.47. The molecule has 1 saturated carbocycles. The van der Waals surface area contributed by atoms with Crippen molar-refractivity contribution in [3.63, 3.8) is 0 Å². The summed E-state index contributed by atoms with van der Waals surface area (Å²) in [6, 6.07) is 0.605. The van der Waals surface area contributed by atoms with Gasteiger partial charge in [0.25, 0.3) is 0 Å². The highest BCUT2D eigenvalue weighted by Gasteiger charge is 2.29. The largest absolute Gasteiger partial charge is 0.377 e. The minimum atomic E-state index is 0.464. The summed E-state index contributed by atoms with van der Waals surface area (Å²) < 4.78 is 6.24. The van der Waals surface area contributed by atoms with Crippen molar-refractivity contribution in [1.29, 1.82) is 0 Å². The van der Waals surface area contributed by atoms with E-state index in [1.807, 2.05) is 0 Å². The summed E-state index contributed by atoms with van der Waals surface area (Å²) in [6.45, 7) is 8.95. The van der Waals surface area contributed by atoms with E-state index in [4.69, 9.17) is 4.74 Å². The first-order valence-electron chi connectivity index (χ1n) is 9.16. The van der Waals surface area contributed by atoms with Gasteiger partial charge in [-0.25, -0.2) is 0 Å². The van der Waals surface area contributed by atoms with Crippen LogP contribution in [-0.4, -0.2) is 25.3 Å². The molecule has 0 heterocycles. The molecule has 1 fully saturated rings. The van der Waals surface area contributed by atoms with Crippen LogP contribution in [0.2, 0.25) is 0 Å². The Morgan fingerprint density at radius 1 is 0.950 bits per heavy atom. The minimum absolute atomic E-state index is 0.464. The molecule has 0 saturated heterocycles. The van der Waals surface area contributed by atoms with Crippen LogP contribution in [0.4, 0.5) is 0 Å². The summed E-state index contributed by atoms with van der Waals surface area (Å²) in [7, 11) is 0. The molecule has 1 aliphatic carbocycles. The Labute approximate surface area is 127 Å². The quantitative estimate of drug-likeness (QED) is 0.543. The van der Waals surface area contributed by atoms with Crippen molar-refractivity contribution in [2.45, 2.75) is 97.1 Å². The summed E-state index contributed by atoms with van der Waals surface area (Å²) in [5.41, 5.74) is 0. The Balaban J connectivity index is 2.24. The van der Waals surface area contributed by atoms with Crippen LogP contribution in [-0.2, 0) is 4.74 Å². The average molecular weight is 284 g/mol. The van der Waals surface area contributed by atoms with Gasteiger partial charge in [-0.15, -0.1) is 0 Å². The van der Waals surface area contributed by atoms with Crippen LogP contribution in [0.25, 0.3) is 0 Å². The van der Waals surface area contributed by atoms with Crippen LogP contribution < -0.4 is 5.32 Å². The molecule has 20 heavy (non-hydrogen) atoms. The van der Waals surface area contributed by atoms with Gasteiger partial charge in [-0.05, 0) is 44.6 Å². The third-order valence-electron chi connectivity index (χ3n) is 4.71. The van der Waals surface area contributed by atoms with E-state index in [9.17, 15) is 0 Å². The Kier molecular flexibility index (Phi) is 10.4. The molecule has 3 atom stereocenters. The monoisotopic (exact) mass is 283 g/mol. The SMILES string of the molecule is CCCCCCCOC1CC(CC)CCC1NCCC. The van der Waals surface area contributed by atoms with Gasteiger partial charge in [0.05, 0.1) is 6.10 Å². The van der Waals surface area contributed by atoms with E-state index in [-0.39, 0.29) is 0 Å². The fourth-order valence-corrected chi connectivity index (χ4v) is 3.27. The predicted octanol–water partition coefficient (Wildman–Crippen LogP) is 4.92. The topological polar surface area (TPSA) is 21.3 Å². The van der Waals surface area contributed by atoms with Crippen molar-refractivity contribution in [2.24, 2.45) is 5.92 Å². The molecule has 3 unspecified atom stereocenters. The summed E-state index contributed by atoms with van der Waals surface area (Å²) in [6.07, 6.45) is 13.6. The van der Waals surface area contributed by atoms with E-state index >= 15 is 0 Å². The fourth-order valence-electron chi connectivity index (χ4n) is 3.27. The molecular weight excluding hydrogens is 246 g/mol. The summed E-state index contributed by atoms with van der Waals surface area (Å²) in [5.74, 6) is 0.889. The first-order valence-corrected chi connectivity index (χ1v) is 9.16. The van der Waals surface area contributed by atoms with E-state index in [0.717, 1.165) is 19.1 Å². The third-order valence-corrected chi connectivity index (χ3v) is 4.71. The molecule has 120 valence electrons. The number of hydrogen-bond donors (Lipinski definition) is 1. The van der Waals surface area contributed by atoms with Gasteiger partial charge in [0.2, 0.25) is 0 Å². The van der Waals surface area contributed by atoms with Gasteiger partial charge in [-0.3, -0.25) is 0 Å². The van der Waals surface area contributed by atoms with Crippen molar-refractivity contribution >= 4 is 0 Å². The van der Waals surface area contributed by atoms with Crippen LogP contribution in [0.1, 0.15) is 85.0 Å². The van der Waals surface area contributed by atoms with Crippen LogP contribution in [0, 0.1) is 5.92 Å². The maximum absolute atomic E-state index is 6.24. The lowest BCUT2D eigenvalue weighted by atomic mass is 9.82. The summed E-state index contributed by atoms with van der Waals surface area (Å²) >= 11 is 0. The Morgan fingerprint density at radius 3 is 2.45 bits per heavy atom. The molecular formula is C18H37NO. The van der Waals surface area contributed by atoms with Gasteiger partial charge >= 0.3 is 0 Å². The number of nitrogens with one attached hydrogen (secondary N) is 1. The highest BCUT2D eigenvalue weighted by atomic mass is 16.5. The zero-order valence-electron chi connectivity index (χ0n) is 14.1. The lowest BCUT2D eigenvalue weighted by Gasteiger charge is -2.36. The molecule has 0 bridgehead atoms. The van der Waals surface area contributed by atoms with E-state index < -0.39 is 0 Å². The van der Waals surface area contributed by atoms with Gasteiger partial charge in [0.15, 0.2) is 0 Å². The maximum atomic E-state index is 6.24. The lowest BCUT2D eigenvalue weighted by molar-refractivity contribution is -0.0119. The summed E-state index contributed by atoms with van der Waals surface area (Å²) in [5, 5.41) is 3.70. The normalized spacial score (nSPS) is 26.9. The van der Waals surface area contributed by atoms with Crippen molar-refractivity contribution in [2.75, 3.05) is 13.2 Å². The Hall–Kier alpha value is -0.0800. The molecule has 0 spiro atoms. The molecule has 1 N–H and O–H groups in total. The van der Waals surface area contributed by atoms with Gasteiger partial charge in [-0.1, -0.05) is 52.9 Å². The molecule has 0 aromatic heterocycles. The van der Waals surface area contributed by atoms with E-state index in [1.54, 1.807) is 0 Å². The zero-order valence-corrected chi connectivity index (χ0v) is 14.1. The van der Waals surface area contributed by atoms with Gasteiger partial charge < -0.3 is 10.1 Å². The smallest absolute Gasteiger partial charge is 0.0730 e. The first kappa shape index (κ1) is 18.0. The first-order chi connectivity index (χ1) is 9.81. The number of rotatable bonds is 11.